The van der Waals surface area contributed by atoms with Crippen molar-refractivity contribution in [3.05, 3.63) is 30.3 Å². The largest absolute Gasteiger partial charge is 0.493 e. The fourth-order valence-corrected chi connectivity index (χ4v) is 2.02. The summed E-state index contributed by atoms with van der Waals surface area (Å²) in [5.74, 6) is 0.372. The summed E-state index contributed by atoms with van der Waals surface area (Å²) in [5.41, 5.74) is 0. The summed E-state index contributed by atoms with van der Waals surface area (Å²) in [5, 5.41) is 0. The molecule has 0 aliphatic rings. The number of amides is 1. The molecule has 1 amide bonds. The van der Waals surface area contributed by atoms with E-state index in [2.05, 4.69) is 4.74 Å². The average Bonchev–Trinajstić information content (AvgIpc) is 2.58. The van der Waals surface area contributed by atoms with Crippen LogP contribution in [0.25, 0.3) is 0 Å². The molecular formula is C17H25NO5. The maximum Gasteiger partial charge on any atom is 0.307 e. The van der Waals surface area contributed by atoms with Gasteiger partial charge < -0.3 is 19.1 Å². The van der Waals surface area contributed by atoms with Crippen molar-refractivity contribution >= 4 is 11.9 Å². The second-order valence-electron chi connectivity index (χ2n) is 4.96. The van der Waals surface area contributed by atoms with Crippen molar-refractivity contribution in [2.45, 2.75) is 19.3 Å². The Balaban J connectivity index is 2.40. The number of benzene rings is 1. The molecule has 1 aromatic rings. The predicted octanol–water partition coefficient (Wildman–Crippen LogP) is 1.88. The molecule has 0 saturated carbocycles. The molecule has 0 unspecified atom stereocenters. The van der Waals surface area contributed by atoms with Crippen LogP contribution in [0.1, 0.15) is 19.3 Å². The first-order chi connectivity index (χ1) is 11.2. The van der Waals surface area contributed by atoms with Crippen molar-refractivity contribution in [2.24, 2.45) is 0 Å². The summed E-state index contributed by atoms with van der Waals surface area (Å²) in [7, 11) is 2.96. The van der Waals surface area contributed by atoms with E-state index in [4.69, 9.17) is 9.47 Å². The highest BCUT2D eigenvalue weighted by molar-refractivity contribution is 5.77. The maximum absolute atomic E-state index is 12.3. The fourth-order valence-electron chi connectivity index (χ4n) is 2.02. The minimum atomic E-state index is -0.324. The number of methoxy groups -OCH3 is 2. The van der Waals surface area contributed by atoms with Gasteiger partial charge in [-0.3, -0.25) is 9.59 Å². The fraction of sp³-hybridized carbons (Fsp3) is 0.529. The van der Waals surface area contributed by atoms with Gasteiger partial charge in [-0.25, -0.2) is 0 Å². The number of carbonyl (C=O) groups excluding carboxylic acids is 2. The highest BCUT2D eigenvalue weighted by atomic mass is 16.5. The molecule has 0 atom stereocenters. The number of ether oxygens (including phenoxy) is 3. The third-order valence-electron chi connectivity index (χ3n) is 3.27. The highest BCUT2D eigenvalue weighted by Gasteiger charge is 2.15. The first-order valence-corrected chi connectivity index (χ1v) is 7.68. The van der Waals surface area contributed by atoms with Gasteiger partial charge in [-0.05, 0) is 18.6 Å². The van der Waals surface area contributed by atoms with Gasteiger partial charge in [-0.1, -0.05) is 18.2 Å². The van der Waals surface area contributed by atoms with Crippen molar-refractivity contribution in [1.82, 2.24) is 4.90 Å². The van der Waals surface area contributed by atoms with Crippen LogP contribution in [0, 0.1) is 0 Å². The molecule has 0 saturated heterocycles. The number of esters is 1. The SMILES string of the molecule is COCCCN(CCC(=O)OC)C(=O)CCOc1ccccc1. The molecular weight excluding hydrogens is 298 g/mol. The van der Waals surface area contributed by atoms with Gasteiger partial charge >= 0.3 is 5.97 Å². The second kappa shape index (κ2) is 11.5. The lowest BCUT2D eigenvalue weighted by atomic mass is 10.3. The Morgan fingerprint density at radius 2 is 1.74 bits per heavy atom. The molecule has 0 aromatic heterocycles. The van der Waals surface area contributed by atoms with E-state index in [9.17, 15) is 9.59 Å². The van der Waals surface area contributed by atoms with E-state index in [1.807, 2.05) is 30.3 Å². The van der Waals surface area contributed by atoms with Crippen LogP contribution < -0.4 is 4.74 Å². The molecule has 0 aliphatic heterocycles. The molecule has 0 bridgehead atoms. The first-order valence-electron chi connectivity index (χ1n) is 7.68. The summed E-state index contributed by atoms with van der Waals surface area (Å²) in [6.45, 7) is 1.78. The molecule has 1 rings (SSSR count). The van der Waals surface area contributed by atoms with Gasteiger partial charge in [0.2, 0.25) is 5.91 Å². The molecule has 6 heteroatoms. The Hall–Kier alpha value is -2.08. The second-order valence-corrected chi connectivity index (χ2v) is 4.96. The quantitative estimate of drug-likeness (QED) is 0.459. The molecule has 23 heavy (non-hydrogen) atoms. The monoisotopic (exact) mass is 323 g/mol. The van der Waals surface area contributed by atoms with Gasteiger partial charge in [-0.2, -0.15) is 0 Å². The van der Waals surface area contributed by atoms with Crippen LogP contribution >= 0.6 is 0 Å². The Bertz CT molecular complexity index is 463. The van der Waals surface area contributed by atoms with Crippen LogP contribution in [0.4, 0.5) is 0 Å². The Labute approximate surface area is 137 Å². The van der Waals surface area contributed by atoms with Crippen LogP contribution in [0.3, 0.4) is 0 Å². The van der Waals surface area contributed by atoms with E-state index >= 15 is 0 Å². The average molecular weight is 323 g/mol. The lowest BCUT2D eigenvalue weighted by Gasteiger charge is -2.22. The minimum Gasteiger partial charge on any atom is -0.493 e. The van der Waals surface area contributed by atoms with E-state index < -0.39 is 0 Å². The van der Waals surface area contributed by atoms with Crippen molar-refractivity contribution in [2.75, 3.05) is 40.5 Å². The molecule has 0 aliphatic carbocycles. The number of para-hydroxylation sites is 1. The van der Waals surface area contributed by atoms with Crippen LogP contribution in [0.5, 0.6) is 5.75 Å². The highest BCUT2D eigenvalue weighted by Crippen LogP contribution is 2.09. The van der Waals surface area contributed by atoms with Gasteiger partial charge in [0, 0.05) is 26.8 Å². The molecule has 0 N–H and O–H groups in total. The van der Waals surface area contributed by atoms with E-state index in [1.165, 1.54) is 7.11 Å². The number of hydrogen-bond donors (Lipinski definition) is 0. The standard InChI is InChI=1S/C17H25NO5/c1-21-13-6-11-18(12-9-17(20)22-2)16(19)10-14-23-15-7-4-3-5-8-15/h3-5,7-8H,6,9-14H2,1-2H3. The molecule has 0 radical (unpaired) electrons. The lowest BCUT2D eigenvalue weighted by molar-refractivity contribution is -0.141. The van der Waals surface area contributed by atoms with E-state index in [0.717, 1.165) is 12.2 Å². The van der Waals surface area contributed by atoms with Gasteiger partial charge in [-0.15, -0.1) is 0 Å². The summed E-state index contributed by atoms with van der Waals surface area (Å²) >= 11 is 0. The van der Waals surface area contributed by atoms with Crippen molar-refractivity contribution < 1.29 is 23.8 Å². The van der Waals surface area contributed by atoms with E-state index in [0.29, 0.717) is 26.3 Å². The smallest absolute Gasteiger partial charge is 0.307 e. The zero-order chi connectivity index (χ0) is 16.9. The zero-order valence-corrected chi connectivity index (χ0v) is 13.8. The van der Waals surface area contributed by atoms with E-state index in [1.54, 1.807) is 12.0 Å². The van der Waals surface area contributed by atoms with Crippen molar-refractivity contribution in [3.63, 3.8) is 0 Å². The van der Waals surface area contributed by atoms with Gasteiger partial charge in [0.05, 0.1) is 26.6 Å². The third-order valence-corrected chi connectivity index (χ3v) is 3.27. The minimum absolute atomic E-state index is 0.0408. The van der Waals surface area contributed by atoms with Crippen LogP contribution in [-0.2, 0) is 19.1 Å². The van der Waals surface area contributed by atoms with Crippen LogP contribution in [0.15, 0.2) is 30.3 Å². The molecule has 0 fully saturated rings. The summed E-state index contributed by atoms with van der Waals surface area (Å²) < 4.78 is 15.2. The normalized spacial score (nSPS) is 10.2. The molecule has 0 heterocycles. The van der Waals surface area contributed by atoms with Gasteiger partial charge in [0.15, 0.2) is 0 Å². The summed E-state index contributed by atoms with van der Waals surface area (Å²) in [6, 6.07) is 9.35. The maximum atomic E-state index is 12.3. The molecule has 0 spiro atoms. The number of carbonyl (C=O) groups is 2. The molecule has 6 nitrogen and oxygen atoms in total. The third kappa shape index (κ3) is 8.21. The first kappa shape index (κ1) is 19.0. The summed E-state index contributed by atoms with van der Waals surface area (Å²) in [4.78, 5) is 25.2. The topological polar surface area (TPSA) is 65.1 Å². The van der Waals surface area contributed by atoms with Crippen LogP contribution in [-0.4, -0.2) is 57.3 Å². The molecule has 128 valence electrons. The predicted molar refractivity (Wildman–Crippen MR) is 86.3 cm³/mol. The number of hydrogen-bond acceptors (Lipinski definition) is 5. The van der Waals surface area contributed by atoms with Crippen molar-refractivity contribution in [1.29, 1.82) is 0 Å². The van der Waals surface area contributed by atoms with Gasteiger partial charge in [0.1, 0.15) is 5.75 Å². The zero-order valence-electron chi connectivity index (χ0n) is 13.8. The molecule has 1 aromatic carbocycles. The summed E-state index contributed by atoms with van der Waals surface area (Å²) in [6.07, 6.45) is 1.18. The Morgan fingerprint density at radius 3 is 2.39 bits per heavy atom. The van der Waals surface area contributed by atoms with E-state index in [-0.39, 0.29) is 24.7 Å². The lowest BCUT2D eigenvalue weighted by Crippen LogP contribution is -2.35. The van der Waals surface area contributed by atoms with Gasteiger partial charge in [0.25, 0.3) is 0 Å². The van der Waals surface area contributed by atoms with Crippen LogP contribution in [0.2, 0.25) is 0 Å². The number of rotatable bonds is 11. The Morgan fingerprint density at radius 1 is 1.00 bits per heavy atom. The Kier molecular flexibility index (Phi) is 9.47. The number of nitrogens with zero attached hydrogens (tertiary/aromatic N) is 1. The van der Waals surface area contributed by atoms with Crippen molar-refractivity contribution in [3.8, 4) is 5.75 Å².